The lowest BCUT2D eigenvalue weighted by molar-refractivity contribution is -0.384. The molecule has 0 aliphatic carbocycles. The number of carbonyl (C=O) groups excluding carboxylic acids is 1. The number of hydrogen-bond acceptors (Lipinski definition) is 6. The van der Waals surface area contributed by atoms with Crippen LogP contribution in [0.1, 0.15) is 0 Å². The molecule has 0 atom stereocenters. The average molecular weight is 392 g/mol. The molecule has 9 heteroatoms. The van der Waals surface area contributed by atoms with Crippen molar-refractivity contribution in [2.45, 2.75) is 0 Å². The van der Waals surface area contributed by atoms with Crippen LogP contribution in [-0.2, 0) is 0 Å². The van der Waals surface area contributed by atoms with Crippen molar-refractivity contribution in [3.05, 3.63) is 77.1 Å². The molecule has 148 valence electrons. The van der Waals surface area contributed by atoms with Gasteiger partial charge in [-0.15, -0.1) is 0 Å². The Morgan fingerprint density at radius 3 is 2.21 bits per heavy atom. The Balaban J connectivity index is 1.87. The van der Waals surface area contributed by atoms with Crippen LogP contribution in [0.4, 0.5) is 33.5 Å². The van der Waals surface area contributed by atoms with Gasteiger partial charge in [0.1, 0.15) is 23.7 Å². The number of aromatic nitrogens is 2. The quantitative estimate of drug-likeness (QED) is 0.483. The Bertz CT molecular complexity index is 1030. The van der Waals surface area contributed by atoms with Gasteiger partial charge in [0.25, 0.3) is 5.69 Å². The second-order valence-electron chi connectivity index (χ2n) is 6.28. The highest BCUT2D eigenvalue weighted by atomic mass is 16.6. The molecule has 2 amide bonds. The molecule has 2 aromatic carbocycles. The zero-order valence-corrected chi connectivity index (χ0v) is 16.3. The third-order valence-electron chi connectivity index (χ3n) is 4.48. The predicted octanol–water partition coefficient (Wildman–Crippen LogP) is 3.85. The number of para-hydroxylation sites is 3. The Labute approximate surface area is 168 Å². The number of carbonyl (C=O) groups is 1. The minimum atomic E-state index is -0.446. The summed E-state index contributed by atoms with van der Waals surface area (Å²) in [7, 11) is 4.96. The Kier molecular flexibility index (Phi) is 5.68. The molecule has 0 bridgehead atoms. The molecule has 29 heavy (non-hydrogen) atoms. The fourth-order valence-corrected chi connectivity index (χ4v) is 2.81. The van der Waals surface area contributed by atoms with E-state index in [0.29, 0.717) is 17.3 Å². The number of anilines is 4. The molecule has 0 aliphatic rings. The monoisotopic (exact) mass is 392 g/mol. The molecule has 0 fully saturated rings. The summed E-state index contributed by atoms with van der Waals surface area (Å²) < 4.78 is 0. The summed E-state index contributed by atoms with van der Waals surface area (Å²) in [6.07, 6.45) is 1.32. The molecule has 1 aromatic heterocycles. The SMILES string of the molecule is CN(C(=O)N(C)c1cc(N(C)c2ccccc2[N+](=O)[O-])ncn1)c1ccccc1. The molecular formula is C20H20N6O3. The first-order valence-corrected chi connectivity index (χ1v) is 8.76. The van der Waals surface area contributed by atoms with Gasteiger partial charge in [0, 0.05) is 39.0 Å². The number of amides is 2. The Hall–Kier alpha value is -4.01. The molecule has 0 radical (unpaired) electrons. The summed E-state index contributed by atoms with van der Waals surface area (Å²) in [6.45, 7) is 0. The van der Waals surface area contributed by atoms with Crippen molar-refractivity contribution in [2.24, 2.45) is 0 Å². The van der Waals surface area contributed by atoms with Gasteiger partial charge in [-0.05, 0) is 18.2 Å². The molecular weight excluding hydrogens is 372 g/mol. The van der Waals surface area contributed by atoms with Gasteiger partial charge in [-0.2, -0.15) is 0 Å². The first-order valence-electron chi connectivity index (χ1n) is 8.76. The average Bonchev–Trinajstić information content (AvgIpc) is 2.77. The van der Waals surface area contributed by atoms with Crippen LogP contribution in [0.25, 0.3) is 0 Å². The second kappa shape index (κ2) is 8.34. The smallest absolute Gasteiger partial charge is 0.324 e. The van der Waals surface area contributed by atoms with Gasteiger partial charge in [-0.25, -0.2) is 14.8 Å². The number of rotatable bonds is 5. The number of benzene rings is 2. The molecule has 3 rings (SSSR count). The van der Waals surface area contributed by atoms with E-state index in [9.17, 15) is 14.9 Å². The number of urea groups is 1. The Morgan fingerprint density at radius 1 is 0.897 bits per heavy atom. The van der Waals surface area contributed by atoms with Crippen LogP contribution in [-0.4, -0.2) is 42.1 Å². The molecule has 0 aliphatic heterocycles. The van der Waals surface area contributed by atoms with Crippen molar-refractivity contribution in [1.29, 1.82) is 0 Å². The highest BCUT2D eigenvalue weighted by Crippen LogP contribution is 2.31. The highest BCUT2D eigenvalue weighted by molar-refractivity contribution is 6.02. The fourth-order valence-electron chi connectivity index (χ4n) is 2.81. The normalized spacial score (nSPS) is 10.3. The summed E-state index contributed by atoms with van der Waals surface area (Å²) in [4.78, 5) is 36.6. The zero-order chi connectivity index (χ0) is 21.0. The lowest BCUT2D eigenvalue weighted by Crippen LogP contribution is -2.39. The molecule has 0 N–H and O–H groups in total. The standard InChI is InChI=1S/C20H20N6O3/c1-23(15-9-5-4-6-10-15)20(27)25(3)19-13-18(21-14-22-19)24(2)16-11-7-8-12-17(16)26(28)29/h4-14H,1-3H3. The van der Waals surface area contributed by atoms with Gasteiger partial charge >= 0.3 is 6.03 Å². The van der Waals surface area contributed by atoms with Gasteiger partial charge in [0.05, 0.1) is 4.92 Å². The lowest BCUT2D eigenvalue weighted by Gasteiger charge is -2.25. The van der Waals surface area contributed by atoms with Gasteiger partial charge < -0.3 is 4.90 Å². The number of nitrogens with zero attached hydrogens (tertiary/aromatic N) is 6. The lowest BCUT2D eigenvalue weighted by atomic mass is 10.2. The maximum Gasteiger partial charge on any atom is 0.329 e. The van der Waals surface area contributed by atoms with Gasteiger partial charge in [-0.1, -0.05) is 30.3 Å². The topological polar surface area (TPSA) is 95.7 Å². The maximum absolute atomic E-state index is 12.8. The summed E-state index contributed by atoms with van der Waals surface area (Å²) in [5.41, 5.74) is 1.09. The minimum Gasteiger partial charge on any atom is -0.324 e. The molecule has 0 unspecified atom stereocenters. The van der Waals surface area contributed by atoms with E-state index in [0.717, 1.165) is 5.69 Å². The van der Waals surface area contributed by atoms with Crippen LogP contribution in [0.3, 0.4) is 0 Å². The van der Waals surface area contributed by atoms with Crippen molar-refractivity contribution < 1.29 is 9.72 Å². The Morgan fingerprint density at radius 2 is 1.52 bits per heavy atom. The number of hydrogen-bond donors (Lipinski definition) is 0. The van der Waals surface area contributed by atoms with Crippen molar-refractivity contribution in [3.8, 4) is 0 Å². The predicted molar refractivity (Wildman–Crippen MR) is 112 cm³/mol. The number of nitro benzene ring substituents is 1. The van der Waals surface area contributed by atoms with Gasteiger partial charge in [0.2, 0.25) is 0 Å². The van der Waals surface area contributed by atoms with Crippen LogP contribution in [0.15, 0.2) is 67.0 Å². The van der Waals surface area contributed by atoms with Crippen LogP contribution in [0.5, 0.6) is 0 Å². The number of nitro groups is 1. The van der Waals surface area contributed by atoms with Crippen LogP contribution >= 0.6 is 0 Å². The molecule has 0 saturated heterocycles. The van der Waals surface area contributed by atoms with Crippen LogP contribution < -0.4 is 14.7 Å². The van der Waals surface area contributed by atoms with E-state index >= 15 is 0 Å². The largest absolute Gasteiger partial charge is 0.329 e. The molecule has 9 nitrogen and oxygen atoms in total. The molecule has 3 aromatic rings. The first kappa shape index (κ1) is 19.7. The van der Waals surface area contributed by atoms with E-state index < -0.39 is 4.92 Å². The molecule has 0 spiro atoms. The van der Waals surface area contributed by atoms with Crippen LogP contribution in [0.2, 0.25) is 0 Å². The van der Waals surface area contributed by atoms with Crippen molar-refractivity contribution in [2.75, 3.05) is 35.8 Å². The van der Waals surface area contributed by atoms with E-state index in [1.165, 1.54) is 22.2 Å². The molecule has 1 heterocycles. The second-order valence-corrected chi connectivity index (χ2v) is 6.28. The summed E-state index contributed by atoms with van der Waals surface area (Å²) in [6, 6.07) is 16.9. The van der Waals surface area contributed by atoms with E-state index in [1.807, 2.05) is 30.3 Å². The van der Waals surface area contributed by atoms with E-state index in [1.54, 1.807) is 50.3 Å². The fraction of sp³-hybridized carbons (Fsp3) is 0.150. The first-order chi connectivity index (χ1) is 13.9. The van der Waals surface area contributed by atoms with Crippen molar-refractivity contribution in [1.82, 2.24) is 9.97 Å². The van der Waals surface area contributed by atoms with Crippen LogP contribution in [0, 0.1) is 10.1 Å². The zero-order valence-electron chi connectivity index (χ0n) is 16.3. The van der Waals surface area contributed by atoms with E-state index in [-0.39, 0.29) is 11.7 Å². The maximum atomic E-state index is 12.8. The third kappa shape index (κ3) is 4.13. The van der Waals surface area contributed by atoms with Crippen molar-refractivity contribution in [3.63, 3.8) is 0 Å². The van der Waals surface area contributed by atoms with E-state index in [4.69, 9.17) is 0 Å². The summed E-state index contributed by atoms with van der Waals surface area (Å²) in [5.74, 6) is 0.791. The minimum absolute atomic E-state index is 0.0385. The van der Waals surface area contributed by atoms with Gasteiger partial charge in [0.15, 0.2) is 0 Å². The van der Waals surface area contributed by atoms with Crippen molar-refractivity contribution >= 4 is 34.7 Å². The third-order valence-corrected chi connectivity index (χ3v) is 4.48. The summed E-state index contributed by atoms with van der Waals surface area (Å²) >= 11 is 0. The summed E-state index contributed by atoms with van der Waals surface area (Å²) in [5, 5.41) is 11.3. The van der Waals surface area contributed by atoms with Gasteiger partial charge in [-0.3, -0.25) is 19.9 Å². The highest BCUT2D eigenvalue weighted by Gasteiger charge is 2.21. The van der Waals surface area contributed by atoms with E-state index in [2.05, 4.69) is 9.97 Å². The molecule has 0 saturated carbocycles.